The number of benzene rings is 7. The first-order chi connectivity index (χ1) is 23.9. The Labute approximate surface area is 287 Å². The molecule has 0 atom stereocenters. The van der Waals surface area contributed by atoms with Crippen molar-refractivity contribution in [2.75, 3.05) is 9.80 Å². The van der Waals surface area contributed by atoms with Gasteiger partial charge in [-0.2, -0.15) is 5.26 Å². The zero-order valence-electron chi connectivity index (χ0n) is 27.3. The van der Waals surface area contributed by atoms with Crippen LogP contribution in [-0.4, -0.2) is 0 Å². The lowest BCUT2D eigenvalue weighted by Gasteiger charge is -2.28. The molecule has 0 aliphatic heterocycles. The number of nitriles is 1. The Morgan fingerprint density at radius 3 is 1.76 bits per heavy atom. The lowest BCUT2D eigenvalue weighted by molar-refractivity contribution is 0.661. The van der Waals surface area contributed by atoms with Crippen molar-refractivity contribution in [3.8, 4) is 17.2 Å². The monoisotopic (exact) mass is 628 g/mol. The van der Waals surface area contributed by atoms with Crippen LogP contribution in [0.25, 0.3) is 26.7 Å². The average Bonchev–Trinajstić information content (AvgIpc) is 3.36. The number of anilines is 6. The topological polar surface area (TPSA) is 34.6 Å². The van der Waals surface area contributed by atoms with Crippen LogP contribution in [0.15, 0.2) is 158 Å². The Morgan fingerprint density at radius 1 is 0.510 bits per heavy atom. The van der Waals surface area contributed by atoms with E-state index < -0.39 is 0 Å². The maximum absolute atomic E-state index is 9.66. The van der Waals surface area contributed by atoms with Crippen LogP contribution in [-0.2, 0) is 5.41 Å². The summed E-state index contributed by atoms with van der Waals surface area (Å²) in [5.41, 5.74) is 12.1. The van der Waals surface area contributed by atoms with Crippen LogP contribution in [0.5, 0.6) is 0 Å². The summed E-state index contributed by atoms with van der Waals surface area (Å²) in [5, 5.41) is 12.0. The molecule has 0 spiro atoms. The minimum absolute atomic E-state index is 0.245. The van der Waals surface area contributed by atoms with E-state index >= 15 is 0 Å². The molecule has 4 heteroatoms. The van der Waals surface area contributed by atoms with E-state index in [-0.39, 0.29) is 5.41 Å². The third kappa shape index (κ3) is 5.17. The van der Waals surface area contributed by atoms with E-state index in [9.17, 15) is 5.26 Å². The van der Waals surface area contributed by atoms with Crippen LogP contribution < -0.4 is 9.80 Å². The van der Waals surface area contributed by atoms with Crippen LogP contribution in [0.3, 0.4) is 0 Å². The molecule has 7 aromatic rings. The minimum Gasteiger partial charge on any atom is -0.312 e. The molecule has 49 heavy (non-hydrogen) atoms. The van der Waals surface area contributed by atoms with Crippen LogP contribution in [0.2, 0.25) is 0 Å². The summed E-state index contributed by atoms with van der Waals surface area (Å²) in [6.45, 7) is 12.2. The van der Waals surface area contributed by atoms with Gasteiger partial charge in [-0.05, 0) is 124 Å². The minimum atomic E-state index is -0.245. The van der Waals surface area contributed by atoms with Crippen LogP contribution in [0.1, 0.15) is 30.5 Å². The molecule has 1 aliphatic carbocycles. The molecule has 0 heterocycles. The zero-order valence-corrected chi connectivity index (χ0v) is 27.3. The molecule has 0 N–H and O–H groups in total. The number of hydrogen-bond donors (Lipinski definition) is 0. The Kier molecular flexibility index (Phi) is 7.21. The second-order valence-electron chi connectivity index (χ2n) is 12.9. The first-order valence-corrected chi connectivity index (χ1v) is 16.4. The van der Waals surface area contributed by atoms with Gasteiger partial charge in [0.2, 0.25) is 0 Å². The lowest BCUT2D eigenvalue weighted by atomic mass is 9.81. The fraction of sp³-hybridized carbons (Fsp3) is 0.0667. The van der Waals surface area contributed by atoms with Gasteiger partial charge in [0.1, 0.15) is 0 Å². The van der Waals surface area contributed by atoms with E-state index in [0.717, 1.165) is 34.1 Å². The Hall–Kier alpha value is -6.62. The highest BCUT2D eigenvalue weighted by molar-refractivity contribution is 5.97. The lowest BCUT2D eigenvalue weighted by Crippen LogP contribution is -2.16. The van der Waals surface area contributed by atoms with Crippen molar-refractivity contribution in [2.24, 2.45) is 0 Å². The van der Waals surface area contributed by atoms with Crippen LogP contribution in [0.4, 0.5) is 39.8 Å². The molecule has 232 valence electrons. The van der Waals surface area contributed by atoms with Gasteiger partial charge in [0, 0.05) is 39.5 Å². The van der Waals surface area contributed by atoms with Gasteiger partial charge >= 0.3 is 0 Å². The van der Waals surface area contributed by atoms with Gasteiger partial charge in [-0.3, -0.25) is 0 Å². The molecule has 0 saturated heterocycles. The third-order valence-corrected chi connectivity index (χ3v) is 9.60. The Balaban J connectivity index is 1.24. The highest BCUT2D eigenvalue weighted by Crippen LogP contribution is 2.52. The van der Waals surface area contributed by atoms with Crippen molar-refractivity contribution in [1.82, 2.24) is 0 Å². The van der Waals surface area contributed by atoms with E-state index in [4.69, 9.17) is 6.57 Å². The van der Waals surface area contributed by atoms with Gasteiger partial charge < -0.3 is 9.80 Å². The number of para-hydroxylation sites is 2. The molecule has 7 aromatic carbocycles. The van der Waals surface area contributed by atoms with Gasteiger partial charge in [-0.15, -0.1) is 0 Å². The van der Waals surface area contributed by atoms with Crippen molar-refractivity contribution in [1.29, 1.82) is 5.26 Å². The number of fused-ring (bicyclic) bond motifs is 4. The number of hydrogen-bond acceptors (Lipinski definition) is 3. The van der Waals surface area contributed by atoms with E-state index in [1.807, 2.05) is 72.8 Å². The second kappa shape index (κ2) is 11.9. The molecule has 0 fully saturated rings. The SMILES string of the molecule is [C-]#[N+]c1cccc(N(c2ccccc2)c2ccc3cc4c(cc3c2)C(C)(C)c2cc(N(c3ccccc3)c3cccc(C#N)c3)ccc2-4)c1. The van der Waals surface area contributed by atoms with Crippen molar-refractivity contribution in [2.45, 2.75) is 19.3 Å². The molecule has 0 radical (unpaired) electrons. The molecular formula is C45H32N4. The average molecular weight is 629 g/mol. The van der Waals surface area contributed by atoms with Crippen LogP contribution in [0, 0.1) is 17.9 Å². The first-order valence-electron chi connectivity index (χ1n) is 16.4. The van der Waals surface area contributed by atoms with Gasteiger partial charge in [0.15, 0.2) is 5.69 Å². The van der Waals surface area contributed by atoms with Gasteiger partial charge in [-0.1, -0.05) is 80.6 Å². The fourth-order valence-electron chi connectivity index (χ4n) is 7.20. The zero-order chi connectivity index (χ0) is 33.5. The summed E-state index contributed by atoms with van der Waals surface area (Å²) in [4.78, 5) is 8.13. The second-order valence-corrected chi connectivity index (χ2v) is 12.9. The summed E-state index contributed by atoms with van der Waals surface area (Å²) in [6, 6.07) is 56.6. The quantitative estimate of drug-likeness (QED) is 0.172. The summed E-state index contributed by atoms with van der Waals surface area (Å²) in [5.74, 6) is 0. The molecular weight excluding hydrogens is 597 g/mol. The smallest absolute Gasteiger partial charge is 0.189 e. The van der Waals surface area contributed by atoms with Crippen molar-refractivity contribution >= 4 is 50.6 Å². The largest absolute Gasteiger partial charge is 0.312 e. The predicted octanol–water partition coefficient (Wildman–Crippen LogP) is 12.5. The van der Waals surface area contributed by atoms with Gasteiger partial charge in [0.25, 0.3) is 0 Å². The predicted molar refractivity (Wildman–Crippen MR) is 202 cm³/mol. The maximum atomic E-state index is 9.66. The standard InChI is InChI=1S/C45H32N4/c1-45(2)43-27-33-25-39(49(36-16-8-5-9-17-36)38-19-11-13-34(28-38)47-3)21-20-32(33)26-42(43)41-23-22-40(29-44(41)45)48(35-14-6-4-7-15-35)37-18-10-12-31(24-37)30-46/h4-29H,1-2H3. The molecule has 8 rings (SSSR count). The van der Waals surface area contributed by atoms with E-state index in [0.29, 0.717) is 11.3 Å². The Morgan fingerprint density at radius 2 is 1.08 bits per heavy atom. The number of nitrogens with zero attached hydrogens (tertiary/aromatic N) is 4. The fourth-order valence-corrected chi connectivity index (χ4v) is 7.20. The summed E-state index contributed by atoms with van der Waals surface area (Å²) < 4.78 is 0. The van der Waals surface area contributed by atoms with Gasteiger partial charge in [-0.25, -0.2) is 4.85 Å². The molecule has 0 saturated carbocycles. The molecule has 1 aliphatic rings. The first kappa shape index (κ1) is 29.8. The van der Waals surface area contributed by atoms with Gasteiger partial charge in [0.05, 0.1) is 18.2 Å². The Bertz CT molecular complexity index is 2450. The van der Waals surface area contributed by atoms with E-state index in [1.54, 1.807) is 0 Å². The third-order valence-electron chi connectivity index (χ3n) is 9.60. The highest BCUT2D eigenvalue weighted by Gasteiger charge is 2.36. The molecule has 0 unspecified atom stereocenters. The van der Waals surface area contributed by atoms with Crippen LogP contribution >= 0.6 is 0 Å². The van der Waals surface area contributed by atoms with Crippen molar-refractivity contribution in [3.63, 3.8) is 0 Å². The van der Waals surface area contributed by atoms with E-state index in [2.05, 4.69) is 119 Å². The van der Waals surface area contributed by atoms with Crippen molar-refractivity contribution in [3.05, 3.63) is 186 Å². The molecule has 4 nitrogen and oxygen atoms in total. The molecule has 0 bridgehead atoms. The van der Waals surface area contributed by atoms with E-state index in [1.165, 1.54) is 33.0 Å². The molecule has 0 amide bonds. The maximum Gasteiger partial charge on any atom is 0.189 e. The summed E-state index contributed by atoms with van der Waals surface area (Å²) >= 11 is 0. The normalized spacial score (nSPS) is 12.4. The summed E-state index contributed by atoms with van der Waals surface area (Å²) in [6.07, 6.45) is 0. The summed E-state index contributed by atoms with van der Waals surface area (Å²) in [7, 11) is 0. The number of rotatable bonds is 6. The molecule has 0 aromatic heterocycles. The highest BCUT2D eigenvalue weighted by atomic mass is 15.1. The van der Waals surface area contributed by atoms with Crippen molar-refractivity contribution < 1.29 is 0 Å².